The van der Waals surface area contributed by atoms with E-state index in [9.17, 15) is 41.1 Å². The van der Waals surface area contributed by atoms with Gasteiger partial charge in [0.2, 0.25) is 11.7 Å². The lowest BCUT2D eigenvalue weighted by molar-refractivity contribution is -0.162. The van der Waals surface area contributed by atoms with E-state index in [0.29, 0.717) is 11.3 Å². The summed E-state index contributed by atoms with van der Waals surface area (Å²) in [5, 5.41) is 6.41. The molecule has 0 heterocycles. The van der Waals surface area contributed by atoms with Gasteiger partial charge in [-0.15, -0.1) is 0 Å². The Balaban J connectivity index is 2.29. The molecule has 2 aromatic carbocycles. The number of hydrogen-bond donors (Lipinski definition) is 3. The van der Waals surface area contributed by atoms with Crippen LogP contribution in [0.2, 0.25) is 10.0 Å². The van der Waals surface area contributed by atoms with E-state index < -0.39 is 73.2 Å². The van der Waals surface area contributed by atoms with Gasteiger partial charge in [-0.2, -0.15) is 22.0 Å². The molecule has 3 amide bonds. The molecule has 254 valence electrons. The summed E-state index contributed by atoms with van der Waals surface area (Å²) in [7, 11) is 2.77. The smallest absolute Gasteiger partial charge is 0.390 e. The number of ether oxygens (including phenoxy) is 3. The van der Waals surface area contributed by atoms with Crippen LogP contribution in [0.1, 0.15) is 25.8 Å². The van der Waals surface area contributed by atoms with Gasteiger partial charge in [0, 0.05) is 23.0 Å². The Morgan fingerprint density at radius 3 is 2.02 bits per heavy atom. The number of halogens is 7. The zero-order chi connectivity index (χ0) is 34.8. The molecule has 0 aliphatic carbocycles. The summed E-state index contributed by atoms with van der Waals surface area (Å²) in [4.78, 5) is 51.1. The Labute approximate surface area is 271 Å². The zero-order valence-corrected chi connectivity index (χ0v) is 26.5. The minimum absolute atomic E-state index is 0.134. The second kappa shape index (κ2) is 16.6. The number of carbonyl (C=O) groups is 4. The first-order valence-corrected chi connectivity index (χ1v) is 14.3. The van der Waals surface area contributed by atoms with E-state index in [1.165, 1.54) is 63.7 Å². The fourth-order valence-electron chi connectivity index (χ4n) is 3.97. The van der Waals surface area contributed by atoms with Crippen molar-refractivity contribution in [3.05, 3.63) is 52.0 Å². The second-order valence-electron chi connectivity index (χ2n) is 10.2. The third-order valence-corrected chi connectivity index (χ3v) is 6.72. The number of methoxy groups -OCH3 is 2. The molecule has 46 heavy (non-hydrogen) atoms. The van der Waals surface area contributed by atoms with Crippen LogP contribution in [0, 0.1) is 5.92 Å². The topological polar surface area (TPSA) is 132 Å². The van der Waals surface area contributed by atoms with Crippen LogP contribution in [-0.4, -0.2) is 75.1 Å². The number of benzene rings is 2. The third-order valence-electron chi connectivity index (χ3n) is 6.28. The molecule has 2 rings (SSSR count). The van der Waals surface area contributed by atoms with Gasteiger partial charge in [-0.05, 0) is 41.8 Å². The molecule has 0 radical (unpaired) electrons. The van der Waals surface area contributed by atoms with E-state index in [1.807, 2.05) is 0 Å². The summed E-state index contributed by atoms with van der Waals surface area (Å²) >= 11 is 11.9. The van der Waals surface area contributed by atoms with Gasteiger partial charge in [-0.25, -0.2) is 0 Å². The zero-order valence-electron chi connectivity index (χ0n) is 25.0. The van der Waals surface area contributed by atoms with Crippen LogP contribution in [0.5, 0.6) is 17.2 Å². The highest BCUT2D eigenvalue weighted by Gasteiger charge is 2.51. The van der Waals surface area contributed by atoms with E-state index in [-0.39, 0.29) is 28.0 Å². The van der Waals surface area contributed by atoms with Crippen LogP contribution in [0.25, 0.3) is 0 Å². The number of alkyl halides is 5. The average Bonchev–Trinajstić information content (AvgIpc) is 2.96. The summed E-state index contributed by atoms with van der Waals surface area (Å²) in [6.45, 7) is 0.778. The van der Waals surface area contributed by atoms with Crippen molar-refractivity contribution in [1.29, 1.82) is 0 Å². The molecule has 2 aromatic rings. The Morgan fingerprint density at radius 2 is 1.48 bits per heavy atom. The summed E-state index contributed by atoms with van der Waals surface area (Å²) in [6.07, 6.45) is -6.58. The number of hydrogen-bond acceptors (Lipinski definition) is 7. The first-order valence-electron chi connectivity index (χ1n) is 13.5. The van der Waals surface area contributed by atoms with Gasteiger partial charge in [0.1, 0.15) is 11.8 Å². The van der Waals surface area contributed by atoms with Crippen LogP contribution >= 0.6 is 23.2 Å². The van der Waals surface area contributed by atoms with Crippen molar-refractivity contribution in [3.63, 3.8) is 0 Å². The van der Waals surface area contributed by atoms with Crippen molar-refractivity contribution in [2.75, 3.05) is 27.4 Å². The standard InChI is InChI=1S/C29H32Cl2F5N3O7/c1-15(2)24(25(41)29(35,36)27(43)37-8-7-28(32,33)34)39-26(42)20(9-16-5-6-21(44-3)22(10-16)45-4)38-23(40)14-46-19-12-17(30)11-18(31)13-19/h5-6,10-13,15,20,24H,7-9,14H2,1-4H3,(H,37,43)(H,38,40)(H,39,42)/t20-,24-/m0/s1. The molecule has 0 aromatic heterocycles. The Hall–Kier alpha value is -3.85. The van der Waals surface area contributed by atoms with Gasteiger partial charge in [-0.3, -0.25) is 19.2 Å². The summed E-state index contributed by atoms with van der Waals surface area (Å²) in [5.74, 6) is -11.3. The van der Waals surface area contributed by atoms with Crippen LogP contribution < -0.4 is 30.2 Å². The fourth-order valence-corrected chi connectivity index (χ4v) is 4.48. The Bertz CT molecular complexity index is 1390. The molecule has 3 N–H and O–H groups in total. The van der Waals surface area contributed by atoms with Gasteiger partial charge in [-0.1, -0.05) is 43.1 Å². The number of rotatable bonds is 16. The molecular formula is C29H32Cl2F5N3O7. The number of nitrogens with one attached hydrogen (secondary N) is 3. The number of Topliss-reactive ketones (excluding diaryl/α,β-unsaturated/α-hetero) is 1. The maximum atomic E-state index is 14.8. The third kappa shape index (κ3) is 11.5. The van der Waals surface area contributed by atoms with E-state index in [1.54, 1.807) is 6.07 Å². The van der Waals surface area contributed by atoms with Gasteiger partial charge in [0.25, 0.3) is 11.8 Å². The van der Waals surface area contributed by atoms with E-state index >= 15 is 0 Å². The quantitative estimate of drug-likeness (QED) is 0.173. The molecule has 0 unspecified atom stereocenters. The molecule has 2 atom stereocenters. The first kappa shape index (κ1) is 38.3. The lowest BCUT2D eigenvalue weighted by Gasteiger charge is -2.27. The molecule has 0 fully saturated rings. The Morgan fingerprint density at radius 1 is 0.870 bits per heavy atom. The molecule has 0 aliphatic heterocycles. The van der Waals surface area contributed by atoms with Gasteiger partial charge < -0.3 is 30.2 Å². The molecule has 0 saturated carbocycles. The highest BCUT2D eigenvalue weighted by atomic mass is 35.5. The predicted molar refractivity (Wildman–Crippen MR) is 158 cm³/mol. The van der Waals surface area contributed by atoms with E-state index in [4.69, 9.17) is 37.4 Å². The van der Waals surface area contributed by atoms with Crippen molar-refractivity contribution in [2.24, 2.45) is 5.92 Å². The van der Waals surface area contributed by atoms with E-state index in [0.717, 1.165) is 0 Å². The summed E-state index contributed by atoms with van der Waals surface area (Å²) < 4.78 is 82.6. The average molecular weight is 700 g/mol. The summed E-state index contributed by atoms with van der Waals surface area (Å²) in [5.41, 5.74) is 0.419. The Kier molecular flexibility index (Phi) is 13.9. The maximum Gasteiger partial charge on any atom is 0.390 e. The van der Waals surface area contributed by atoms with Crippen LogP contribution in [0.4, 0.5) is 22.0 Å². The number of carbonyl (C=O) groups excluding carboxylic acids is 4. The summed E-state index contributed by atoms with van der Waals surface area (Å²) in [6, 6.07) is 5.30. The minimum Gasteiger partial charge on any atom is -0.493 e. The second-order valence-corrected chi connectivity index (χ2v) is 11.1. The van der Waals surface area contributed by atoms with Crippen LogP contribution in [-0.2, 0) is 25.6 Å². The molecule has 17 heteroatoms. The van der Waals surface area contributed by atoms with Crippen LogP contribution in [0.15, 0.2) is 36.4 Å². The molecule has 0 spiro atoms. The molecule has 10 nitrogen and oxygen atoms in total. The largest absolute Gasteiger partial charge is 0.493 e. The van der Waals surface area contributed by atoms with E-state index in [2.05, 4.69) is 10.6 Å². The number of amides is 3. The van der Waals surface area contributed by atoms with Crippen molar-refractivity contribution >= 4 is 46.7 Å². The van der Waals surface area contributed by atoms with Crippen molar-refractivity contribution in [2.45, 2.75) is 50.9 Å². The fraction of sp³-hybridized carbons (Fsp3) is 0.448. The number of ketones is 1. The maximum absolute atomic E-state index is 14.8. The molecule has 0 bridgehead atoms. The van der Waals surface area contributed by atoms with Gasteiger partial charge >= 0.3 is 12.1 Å². The van der Waals surface area contributed by atoms with Crippen molar-refractivity contribution in [1.82, 2.24) is 16.0 Å². The molecule has 0 aliphatic rings. The minimum atomic E-state index is -4.79. The first-order chi connectivity index (χ1) is 21.4. The van der Waals surface area contributed by atoms with Crippen molar-refractivity contribution in [3.8, 4) is 17.2 Å². The molecular weight excluding hydrogens is 668 g/mol. The molecule has 0 saturated heterocycles. The normalized spacial score (nSPS) is 13.0. The van der Waals surface area contributed by atoms with Gasteiger partial charge in [0.05, 0.1) is 26.7 Å². The predicted octanol–water partition coefficient (Wildman–Crippen LogP) is 4.53. The lowest BCUT2D eigenvalue weighted by atomic mass is 9.94. The van der Waals surface area contributed by atoms with Gasteiger partial charge in [0.15, 0.2) is 18.1 Å². The monoisotopic (exact) mass is 699 g/mol. The lowest BCUT2D eigenvalue weighted by Crippen LogP contribution is -2.59. The highest BCUT2D eigenvalue weighted by molar-refractivity contribution is 6.34. The van der Waals surface area contributed by atoms with Crippen LogP contribution in [0.3, 0.4) is 0 Å². The van der Waals surface area contributed by atoms with Crippen molar-refractivity contribution < 1.29 is 55.3 Å². The highest BCUT2D eigenvalue weighted by Crippen LogP contribution is 2.29. The SMILES string of the molecule is COc1ccc(C[C@H](NC(=O)COc2cc(Cl)cc(Cl)c2)C(=O)N[C@H](C(=O)C(F)(F)C(=O)NCCC(F)(F)F)C(C)C)cc1OC.